The number of anilines is 1. The van der Waals surface area contributed by atoms with Gasteiger partial charge < -0.3 is 5.32 Å². The second kappa shape index (κ2) is 6.92. The van der Waals surface area contributed by atoms with Crippen molar-refractivity contribution < 1.29 is 4.79 Å². The zero-order valence-electron chi connectivity index (χ0n) is 11.8. The third-order valence-electron chi connectivity index (χ3n) is 2.72. The zero-order valence-corrected chi connectivity index (χ0v) is 13.5. The molecule has 2 aromatic rings. The minimum Gasteiger partial charge on any atom is -0.305 e. The van der Waals surface area contributed by atoms with Crippen molar-refractivity contribution >= 4 is 33.7 Å². The largest absolute Gasteiger partial charge is 0.305 e. The van der Waals surface area contributed by atoms with Crippen LogP contribution in [0.3, 0.4) is 0 Å². The van der Waals surface area contributed by atoms with Crippen LogP contribution in [-0.2, 0) is 17.9 Å². The molecule has 20 heavy (non-hydrogen) atoms. The molecular weight excluding hydrogens is 292 g/mol. The first-order chi connectivity index (χ1) is 9.60. The van der Waals surface area contributed by atoms with E-state index in [1.54, 1.807) is 23.2 Å². The Morgan fingerprint density at radius 2 is 2.10 bits per heavy atom. The van der Waals surface area contributed by atoms with Crippen molar-refractivity contribution in [2.24, 2.45) is 0 Å². The highest BCUT2D eigenvalue weighted by molar-refractivity contribution is 7.14. The van der Waals surface area contributed by atoms with Gasteiger partial charge in [0.2, 0.25) is 5.91 Å². The van der Waals surface area contributed by atoms with Gasteiger partial charge in [0, 0.05) is 43.0 Å². The van der Waals surface area contributed by atoms with Crippen LogP contribution in [0.25, 0.3) is 0 Å². The Balaban J connectivity index is 1.88. The number of hydrogen-bond acceptors (Lipinski definition) is 6. The molecule has 0 saturated carbocycles. The molecule has 0 aliphatic heterocycles. The van der Waals surface area contributed by atoms with Crippen LogP contribution in [0.4, 0.5) is 5.13 Å². The lowest BCUT2D eigenvalue weighted by atomic mass is 10.4. The lowest BCUT2D eigenvalue weighted by Crippen LogP contribution is -2.27. The van der Waals surface area contributed by atoms with E-state index in [1.165, 1.54) is 11.3 Å². The second-order valence-corrected chi connectivity index (χ2v) is 6.15. The van der Waals surface area contributed by atoms with Crippen LogP contribution >= 0.6 is 22.7 Å². The topological polar surface area (TPSA) is 58.1 Å². The highest BCUT2D eigenvalue weighted by Gasteiger charge is 2.13. The smallest absolute Gasteiger partial charge is 0.225 e. The maximum atomic E-state index is 11.5. The molecule has 0 spiro atoms. The Morgan fingerprint density at radius 3 is 2.70 bits per heavy atom. The summed E-state index contributed by atoms with van der Waals surface area (Å²) < 4.78 is 0. The van der Waals surface area contributed by atoms with Crippen LogP contribution < -0.4 is 10.2 Å². The number of nitrogens with one attached hydrogen (secondary N) is 1. The highest BCUT2D eigenvalue weighted by Crippen LogP contribution is 2.20. The van der Waals surface area contributed by atoms with E-state index in [-0.39, 0.29) is 5.91 Å². The first kappa shape index (κ1) is 15.1. The standard InChI is InChI=1S/C13H18N4OS2/c1-4-17(10(3)18)13-16-11(8-20-13)5-14-6-12-15-9(2)7-19-12/h7-8,14H,4-6H2,1-3H3. The molecule has 0 aliphatic rings. The minimum atomic E-state index is 0.0274. The number of amides is 1. The monoisotopic (exact) mass is 310 g/mol. The number of rotatable bonds is 6. The van der Waals surface area contributed by atoms with Gasteiger partial charge in [-0.25, -0.2) is 9.97 Å². The second-order valence-electron chi connectivity index (χ2n) is 4.37. The molecule has 0 radical (unpaired) electrons. The summed E-state index contributed by atoms with van der Waals surface area (Å²) in [6.07, 6.45) is 0. The van der Waals surface area contributed by atoms with Gasteiger partial charge in [-0.1, -0.05) is 0 Å². The zero-order chi connectivity index (χ0) is 14.5. The highest BCUT2D eigenvalue weighted by atomic mass is 32.1. The van der Waals surface area contributed by atoms with Crippen LogP contribution in [0.1, 0.15) is 30.2 Å². The molecule has 2 aromatic heterocycles. The van der Waals surface area contributed by atoms with Crippen molar-refractivity contribution in [3.63, 3.8) is 0 Å². The van der Waals surface area contributed by atoms with Crippen molar-refractivity contribution in [1.29, 1.82) is 0 Å². The van der Waals surface area contributed by atoms with Crippen LogP contribution in [0.15, 0.2) is 10.8 Å². The first-order valence-corrected chi connectivity index (χ1v) is 8.20. The average Bonchev–Trinajstić information content (AvgIpc) is 3.00. The summed E-state index contributed by atoms with van der Waals surface area (Å²) in [5.74, 6) is 0.0274. The molecule has 0 saturated heterocycles. The van der Waals surface area contributed by atoms with Crippen molar-refractivity contribution in [2.75, 3.05) is 11.4 Å². The first-order valence-electron chi connectivity index (χ1n) is 6.44. The van der Waals surface area contributed by atoms with Crippen molar-refractivity contribution in [3.8, 4) is 0 Å². The Labute approximate surface area is 126 Å². The van der Waals surface area contributed by atoms with Crippen LogP contribution in [0, 0.1) is 6.92 Å². The van der Waals surface area contributed by atoms with Gasteiger partial charge in [-0.05, 0) is 13.8 Å². The summed E-state index contributed by atoms with van der Waals surface area (Å²) in [4.78, 5) is 22.0. The van der Waals surface area contributed by atoms with E-state index in [4.69, 9.17) is 0 Å². The maximum absolute atomic E-state index is 11.5. The van der Waals surface area contributed by atoms with Gasteiger partial charge in [0.15, 0.2) is 5.13 Å². The SMILES string of the molecule is CCN(C(C)=O)c1nc(CNCc2nc(C)cs2)cs1. The van der Waals surface area contributed by atoms with E-state index >= 15 is 0 Å². The summed E-state index contributed by atoms with van der Waals surface area (Å²) in [5.41, 5.74) is 2.01. The van der Waals surface area contributed by atoms with E-state index in [9.17, 15) is 4.79 Å². The predicted octanol–water partition coefficient (Wildman–Crippen LogP) is 2.57. The molecule has 7 heteroatoms. The molecule has 0 unspecified atom stereocenters. The Bertz CT molecular complexity index is 578. The van der Waals surface area contributed by atoms with Gasteiger partial charge in [0.25, 0.3) is 0 Å². The van der Waals surface area contributed by atoms with Crippen LogP contribution in [0.5, 0.6) is 0 Å². The van der Waals surface area contributed by atoms with Gasteiger partial charge >= 0.3 is 0 Å². The molecular formula is C13H18N4OS2. The lowest BCUT2D eigenvalue weighted by molar-refractivity contribution is -0.116. The van der Waals surface area contributed by atoms with Crippen LogP contribution in [0.2, 0.25) is 0 Å². The van der Waals surface area contributed by atoms with E-state index in [2.05, 4.69) is 15.3 Å². The number of carbonyl (C=O) groups excluding carboxylic acids is 1. The number of thiazole rings is 2. The van der Waals surface area contributed by atoms with Gasteiger partial charge in [0.1, 0.15) is 5.01 Å². The fourth-order valence-corrected chi connectivity index (χ4v) is 3.45. The summed E-state index contributed by atoms with van der Waals surface area (Å²) >= 11 is 3.16. The fourth-order valence-electron chi connectivity index (χ4n) is 1.78. The molecule has 0 aromatic carbocycles. The molecule has 2 heterocycles. The Hall–Kier alpha value is -1.31. The average molecular weight is 310 g/mol. The predicted molar refractivity (Wildman–Crippen MR) is 83.2 cm³/mol. The Morgan fingerprint density at radius 1 is 1.30 bits per heavy atom. The van der Waals surface area contributed by atoms with Gasteiger partial charge in [-0.15, -0.1) is 22.7 Å². The molecule has 0 fully saturated rings. The van der Waals surface area contributed by atoms with E-state index in [1.807, 2.05) is 24.6 Å². The molecule has 0 atom stereocenters. The van der Waals surface area contributed by atoms with Crippen molar-refractivity contribution in [1.82, 2.24) is 15.3 Å². The van der Waals surface area contributed by atoms with Crippen molar-refractivity contribution in [2.45, 2.75) is 33.9 Å². The molecule has 2 rings (SSSR count). The van der Waals surface area contributed by atoms with Gasteiger partial charge in [-0.2, -0.15) is 0 Å². The lowest BCUT2D eigenvalue weighted by Gasteiger charge is -2.14. The van der Waals surface area contributed by atoms with Gasteiger partial charge in [0.05, 0.1) is 5.69 Å². The quantitative estimate of drug-likeness (QED) is 0.891. The normalized spacial score (nSPS) is 10.8. The number of aromatic nitrogens is 2. The number of hydrogen-bond donors (Lipinski definition) is 1. The molecule has 0 bridgehead atoms. The number of carbonyl (C=O) groups is 1. The number of aryl methyl sites for hydroxylation is 1. The molecule has 5 nitrogen and oxygen atoms in total. The summed E-state index contributed by atoms with van der Waals surface area (Å²) in [6.45, 7) is 7.58. The molecule has 1 N–H and O–H groups in total. The van der Waals surface area contributed by atoms with Crippen molar-refractivity contribution in [3.05, 3.63) is 27.2 Å². The summed E-state index contributed by atoms with van der Waals surface area (Å²) in [7, 11) is 0. The third-order valence-corrected chi connectivity index (χ3v) is 4.59. The Kier molecular flexibility index (Phi) is 5.22. The summed E-state index contributed by atoms with van der Waals surface area (Å²) in [5, 5.41) is 9.20. The number of nitrogens with zero attached hydrogens (tertiary/aromatic N) is 3. The van der Waals surface area contributed by atoms with Gasteiger partial charge in [-0.3, -0.25) is 9.69 Å². The fraction of sp³-hybridized carbons (Fsp3) is 0.462. The third kappa shape index (κ3) is 3.84. The van der Waals surface area contributed by atoms with Crippen LogP contribution in [-0.4, -0.2) is 22.4 Å². The molecule has 0 aliphatic carbocycles. The van der Waals surface area contributed by atoms with E-state index in [0.29, 0.717) is 13.1 Å². The molecule has 108 valence electrons. The maximum Gasteiger partial charge on any atom is 0.225 e. The van der Waals surface area contributed by atoms with E-state index in [0.717, 1.165) is 28.1 Å². The van der Waals surface area contributed by atoms with E-state index < -0.39 is 0 Å². The minimum absolute atomic E-state index is 0.0274. The molecule has 1 amide bonds. The summed E-state index contributed by atoms with van der Waals surface area (Å²) in [6, 6.07) is 0.